The molecule has 0 aliphatic heterocycles. The van der Waals surface area contributed by atoms with Crippen LogP contribution in [0.4, 0.5) is 8.78 Å². The highest BCUT2D eigenvalue weighted by Crippen LogP contribution is 2.21. The number of pyridine rings is 1. The van der Waals surface area contributed by atoms with Crippen LogP contribution in [-0.2, 0) is 5.88 Å². The van der Waals surface area contributed by atoms with E-state index in [0.717, 1.165) is 0 Å². The molecule has 68 valence electrons. The van der Waals surface area contributed by atoms with Crippen LogP contribution in [0.5, 0.6) is 0 Å². The maximum atomic E-state index is 12.2. The Morgan fingerprint density at radius 3 is 2.77 bits per heavy atom. The number of hydrogen-bond acceptors (Lipinski definition) is 2. The van der Waals surface area contributed by atoms with Gasteiger partial charge in [-0.05, 0) is 11.6 Å². The van der Waals surface area contributed by atoms with Crippen molar-refractivity contribution in [3.63, 3.8) is 0 Å². The zero-order valence-electron chi connectivity index (χ0n) is 6.47. The van der Waals surface area contributed by atoms with Crippen molar-refractivity contribution in [1.82, 2.24) is 4.98 Å². The molecule has 0 atom stereocenters. The summed E-state index contributed by atoms with van der Waals surface area (Å²) in [5.41, 5.74) is -0.0490. The van der Waals surface area contributed by atoms with E-state index >= 15 is 0 Å². The Labute approximate surface area is 78.8 Å². The molecule has 0 aliphatic carbocycles. The number of aromatic nitrogens is 1. The molecule has 0 amide bonds. The molecular formula is C8H5ClF2N2. The van der Waals surface area contributed by atoms with Crippen LogP contribution in [-0.4, -0.2) is 4.98 Å². The van der Waals surface area contributed by atoms with Gasteiger partial charge < -0.3 is 0 Å². The van der Waals surface area contributed by atoms with Crippen molar-refractivity contribution in [2.75, 3.05) is 0 Å². The topological polar surface area (TPSA) is 36.7 Å². The van der Waals surface area contributed by atoms with E-state index in [9.17, 15) is 8.78 Å². The summed E-state index contributed by atoms with van der Waals surface area (Å²) in [5, 5.41) is 8.52. The van der Waals surface area contributed by atoms with Gasteiger partial charge in [-0.2, -0.15) is 5.26 Å². The lowest BCUT2D eigenvalue weighted by Gasteiger charge is -2.02. The van der Waals surface area contributed by atoms with E-state index in [1.807, 2.05) is 0 Å². The summed E-state index contributed by atoms with van der Waals surface area (Å²) in [6.45, 7) is 0. The van der Waals surface area contributed by atoms with Crippen molar-refractivity contribution in [2.45, 2.75) is 12.3 Å². The number of rotatable bonds is 2. The van der Waals surface area contributed by atoms with E-state index in [-0.39, 0.29) is 11.4 Å². The van der Waals surface area contributed by atoms with E-state index in [0.29, 0.717) is 5.56 Å². The Morgan fingerprint density at radius 2 is 2.31 bits per heavy atom. The highest BCUT2D eigenvalue weighted by atomic mass is 35.5. The lowest BCUT2D eigenvalue weighted by atomic mass is 10.1. The van der Waals surface area contributed by atoms with E-state index in [2.05, 4.69) is 4.98 Å². The van der Waals surface area contributed by atoms with Crippen LogP contribution in [0.2, 0.25) is 0 Å². The van der Waals surface area contributed by atoms with Gasteiger partial charge in [-0.15, -0.1) is 11.6 Å². The largest absolute Gasteiger partial charge is 0.281 e. The molecule has 0 N–H and O–H groups in total. The van der Waals surface area contributed by atoms with Crippen LogP contribution in [0.25, 0.3) is 0 Å². The van der Waals surface area contributed by atoms with Crippen LogP contribution in [0.1, 0.15) is 23.2 Å². The molecule has 0 radical (unpaired) electrons. The van der Waals surface area contributed by atoms with Gasteiger partial charge >= 0.3 is 0 Å². The molecule has 0 aromatic carbocycles. The summed E-state index contributed by atoms with van der Waals surface area (Å²) in [4.78, 5) is 3.46. The van der Waals surface area contributed by atoms with Gasteiger partial charge in [0.05, 0.1) is 5.56 Å². The van der Waals surface area contributed by atoms with Gasteiger partial charge in [0.15, 0.2) is 0 Å². The third-order valence-corrected chi connectivity index (χ3v) is 1.77. The molecular weight excluding hydrogens is 198 g/mol. The summed E-state index contributed by atoms with van der Waals surface area (Å²) in [6.07, 6.45) is -1.48. The summed E-state index contributed by atoms with van der Waals surface area (Å²) in [7, 11) is 0. The maximum Gasteiger partial charge on any atom is 0.281 e. The van der Waals surface area contributed by atoms with E-state index in [4.69, 9.17) is 16.9 Å². The van der Waals surface area contributed by atoms with Crippen LogP contribution >= 0.6 is 11.6 Å². The Balaban J connectivity index is 3.18. The molecule has 0 unspecified atom stereocenters. The molecule has 0 bridgehead atoms. The first-order valence-corrected chi connectivity index (χ1v) is 3.95. The fourth-order valence-corrected chi connectivity index (χ4v) is 1.00. The Morgan fingerprint density at radius 1 is 1.62 bits per heavy atom. The van der Waals surface area contributed by atoms with Gasteiger partial charge in [0.2, 0.25) is 0 Å². The molecule has 1 heterocycles. The molecule has 1 aromatic rings. The molecule has 13 heavy (non-hydrogen) atoms. The average molecular weight is 203 g/mol. The molecule has 0 fully saturated rings. The van der Waals surface area contributed by atoms with Gasteiger partial charge in [0, 0.05) is 12.1 Å². The average Bonchev–Trinajstić information content (AvgIpc) is 2.16. The number of hydrogen-bond donors (Lipinski definition) is 0. The Hall–Kier alpha value is -1.21. The predicted octanol–water partition coefficient (Wildman–Crippen LogP) is 2.63. The van der Waals surface area contributed by atoms with Gasteiger partial charge in [-0.1, -0.05) is 0 Å². The van der Waals surface area contributed by atoms with Crippen molar-refractivity contribution in [3.8, 4) is 6.07 Å². The molecule has 1 rings (SSSR count). The highest BCUT2D eigenvalue weighted by molar-refractivity contribution is 6.17. The molecule has 5 heteroatoms. The molecule has 0 saturated carbocycles. The zero-order chi connectivity index (χ0) is 9.84. The van der Waals surface area contributed by atoms with Crippen molar-refractivity contribution < 1.29 is 8.78 Å². The third kappa shape index (κ3) is 2.13. The predicted molar refractivity (Wildman–Crippen MR) is 43.5 cm³/mol. The standard InChI is InChI=1S/C8H5ClF2N2/c9-2-5-1-6(3-12)7(8(10)11)13-4-5/h1,4,8H,2H2. The smallest absolute Gasteiger partial charge is 0.254 e. The van der Waals surface area contributed by atoms with Crippen molar-refractivity contribution in [3.05, 3.63) is 29.1 Å². The fourth-order valence-electron chi connectivity index (χ4n) is 0.855. The van der Waals surface area contributed by atoms with Crippen LogP contribution in [0.15, 0.2) is 12.3 Å². The normalized spacial score (nSPS) is 10.1. The van der Waals surface area contributed by atoms with Gasteiger partial charge in [-0.25, -0.2) is 8.78 Å². The number of halogens is 3. The van der Waals surface area contributed by atoms with Crippen LogP contribution in [0, 0.1) is 11.3 Å². The first kappa shape index (κ1) is 9.87. The summed E-state index contributed by atoms with van der Waals surface area (Å²) in [5.74, 6) is 0.158. The quantitative estimate of drug-likeness (QED) is 0.692. The molecule has 0 spiro atoms. The minimum Gasteiger partial charge on any atom is -0.254 e. The minimum atomic E-state index is -2.72. The second-order valence-corrected chi connectivity index (χ2v) is 2.59. The van der Waals surface area contributed by atoms with Crippen LogP contribution < -0.4 is 0 Å². The molecule has 0 saturated heterocycles. The summed E-state index contributed by atoms with van der Waals surface area (Å²) < 4.78 is 24.4. The summed E-state index contributed by atoms with van der Waals surface area (Å²) in [6, 6.07) is 2.97. The number of nitrogens with zero attached hydrogens (tertiary/aromatic N) is 2. The zero-order valence-corrected chi connectivity index (χ0v) is 7.22. The molecule has 0 aliphatic rings. The highest BCUT2D eigenvalue weighted by Gasteiger charge is 2.14. The fraction of sp³-hybridized carbons (Fsp3) is 0.250. The molecule has 1 aromatic heterocycles. The van der Waals surface area contributed by atoms with Crippen molar-refractivity contribution >= 4 is 11.6 Å². The van der Waals surface area contributed by atoms with Crippen LogP contribution in [0.3, 0.4) is 0 Å². The second-order valence-electron chi connectivity index (χ2n) is 2.32. The number of alkyl halides is 3. The monoisotopic (exact) mass is 202 g/mol. The molecule has 2 nitrogen and oxygen atoms in total. The van der Waals surface area contributed by atoms with Crippen molar-refractivity contribution in [1.29, 1.82) is 5.26 Å². The SMILES string of the molecule is N#Cc1cc(CCl)cnc1C(F)F. The first-order chi connectivity index (χ1) is 6.19. The lowest BCUT2D eigenvalue weighted by Crippen LogP contribution is -1.96. The maximum absolute atomic E-state index is 12.2. The van der Waals surface area contributed by atoms with Crippen molar-refractivity contribution in [2.24, 2.45) is 0 Å². The Bertz CT molecular complexity index is 346. The van der Waals surface area contributed by atoms with Gasteiger partial charge in [0.25, 0.3) is 6.43 Å². The van der Waals surface area contributed by atoms with Gasteiger partial charge in [0.1, 0.15) is 11.8 Å². The minimum absolute atomic E-state index is 0.117. The lowest BCUT2D eigenvalue weighted by molar-refractivity contribution is 0.145. The second kappa shape index (κ2) is 4.15. The first-order valence-electron chi connectivity index (χ1n) is 3.42. The van der Waals surface area contributed by atoms with E-state index in [1.165, 1.54) is 12.3 Å². The summed E-state index contributed by atoms with van der Waals surface area (Å²) >= 11 is 5.45. The van der Waals surface area contributed by atoms with Gasteiger partial charge in [-0.3, -0.25) is 4.98 Å². The third-order valence-electron chi connectivity index (χ3n) is 1.46. The van der Waals surface area contributed by atoms with E-state index < -0.39 is 12.1 Å². The van der Waals surface area contributed by atoms with E-state index in [1.54, 1.807) is 6.07 Å². The number of nitriles is 1. The Kier molecular flexibility index (Phi) is 3.15.